The second-order valence-electron chi connectivity index (χ2n) is 7.89. The summed E-state index contributed by atoms with van der Waals surface area (Å²) in [6, 6.07) is 10.9. The van der Waals surface area contributed by atoms with Crippen LogP contribution in [-0.2, 0) is 21.4 Å². The number of amides is 1. The van der Waals surface area contributed by atoms with Gasteiger partial charge in [0.2, 0.25) is 10.0 Å². The topological polar surface area (TPSA) is 171 Å². The monoisotopic (exact) mass is 511 g/mol. The molecule has 0 spiro atoms. The molecule has 0 aliphatic rings. The molecule has 36 heavy (non-hydrogen) atoms. The van der Waals surface area contributed by atoms with Crippen LogP contribution in [0, 0.1) is 0 Å². The Labute approximate surface area is 206 Å². The molecule has 0 bridgehead atoms. The summed E-state index contributed by atoms with van der Waals surface area (Å²) in [6.45, 7) is 0.929. The van der Waals surface area contributed by atoms with E-state index in [-0.39, 0.29) is 4.90 Å². The molecular formula is C23H25N7O5S. The van der Waals surface area contributed by atoms with Gasteiger partial charge in [0.05, 0.1) is 16.6 Å². The number of rotatable bonds is 12. The van der Waals surface area contributed by atoms with Crippen LogP contribution >= 0.6 is 0 Å². The first-order valence-corrected chi connectivity index (χ1v) is 12.6. The highest BCUT2D eigenvalue weighted by Gasteiger charge is 2.26. The summed E-state index contributed by atoms with van der Waals surface area (Å²) in [5, 5.41) is 20.2. The molecule has 2 heterocycles. The SMILES string of the molecule is O=C(NC[C@H](NS(=O)(=O)c1ccccc1)C(=O)O)c1ccc2c(cnn2CCCNc2ncc[nH]2)c1. The summed E-state index contributed by atoms with van der Waals surface area (Å²) in [5.74, 6) is -1.24. The molecule has 4 aromatic rings. The van der Waals surface area contributed by atoms with Crippen LogP contribution < -0.4 is 15.4 Å². The van der Waals surface area contributed by atoms with Crippen molar-refractivity contribution in [1.29, 1.82) is 0 Å². The fraction of sp³-hybridized carbons (Fsp3) is 0.217. The van der Waals surface area contributed by atoms with Gasteiger partial charge in [-0.15, -0.1) is 0 Å². The van der Waals surface area contributed by atoms with Crippen molar-refractivity contribution in [1.82, 2.24) is 29.8 Å². The third-order valence-electron chi connectivity index (χ3n) is 5.36. The van der Waals surface area contributed by atoms with Gasteiger partial charge in [0.25, 0.3) is 5.91 Å². The summed E-state index contributed by atoms with van der Waals surface area (Å²) in [7, 11) is -4.07. The van der Waals surface area contributed by atoms with Crippen LogP contribution in [0.15, 0.2) is 72.0 Å². The van der Waals surface area contributed by atoms with Gasteiger partial charge >= 0.3 is 5.97 Å². The van der Waals surface area contributed by atoms with Crippen LogP contribution in [0.2, 0.25) is 0 Å². The lowest BCUT2D eigenvalue weighted by atomic mass is 10.1. The van der Waals surface area contributed by atoms with Gasteiger partial charge in [-0.2, -0.15) is 9.82 Å². The number of carbonyl (C=O) groups excluding carboxylic acids is 1. The van der Waals surface area contributed by atoms with Gasteiger partial charge in [0.15, 0.2) is 5.95 Å². The molecule has 188 valence electrons. The Balaban J connectivity index is 1.34. The molecule has 2 aromatic heterocycles. The van der Waals surface area contributed by atoms with Crippen LogP contribution in [0.5, 0.6) is 0 Å². The van der Waals surface area contributed by atoms with Gasteiger partial charge in [-0.3, -0.25) is 14.3 Å². The molecule has 2 aromatic carbocycles. The van der Waals surface area contributed by atoms with Crippen molar-refractivity contribution in [3.05, 3.63) is 72.7 Å². The molecule has 0 saturated heterocycles. The van der Waals surface area contributed by atoms with E-state index in [0.29, 0.717) is 24.6 Å². The third-order valence-corrected chi connectivity index (χ3v) is 6.84. The average molecular weight is 512 g/mol. The quantitative estimate of drug-likeness (QED) is 0.178. The average Bonchev–Trinajstić information content (AvgIpc) is 3.54. The Kier molecular flexibility index (Phi) is 7.61. The fourth-order valence-corrected chi connectivity index (χ4v) is 4.75. The van der Waals surface area contributed by atoms with Gasteiger partial charge in [-0.05, 0) is 36.8 Å². The van der Waals surface area contributed by atoms with Gasteiger partial charge in [-0.1, -0.05) is 18.2 Å². The number of sulfonamides is 1. The van der Waals surface area contributed by atoms with E-state index in [9.17, 15) is 23.1 Å². The molecule has 4 rings (SSSR count). The summed E-state index contributed by atoms with van der Waals surface area (Å²) >= 11 is 0. The number of carboxylic acid groups (broad SMARTS) is 1. The van der Waals surface area contributed by atoms with Crippen LogP contribution in [0.25, 0.3) is 10.9 Å². The smallest absolute Gasteiger partial charge is 0.323 e. The molecular weight excluding hydrogens is 486 g/mol. The molecule has 0 unspecified atom stereocenters. The lowest BCUT2D eigenvalue weighted by molar-refractivity contribution is -0.138. The number of fused-ring (bicyclic) bond motifs is 1. The Hall–Kier alpha value is -4.23. The summed E-state index contributed by atoms with van der Waals surface area (Å²) in [5.41, 5.74) is 1.15. The summed E-state index contributed by atoms with van der Waals surface area (Å²) in [4.78, 5) is 31.3. The number of carbonyl (C=O) groups is 2. The van der Waals surface area contributed by atoms with E-state index in [1.54, 1.807) is 42.9 Å². The molecule has 0 saturated carbocycles. The van der Waals surface area contributed by atoms with Crippen molar-refractivity contribution >= 4 is 38.8 Å². The number of H-pyrrole nitrogens is 1. The Morgan fingerprint density at radius 3 is 2.67 bits per heavy atom. The van der Waals surface area contributed by atoms with E-state index in [2.05, 4.69) is 30.4 Å². The third kappa shape index (κ3) is 6.06. The first-order valence-electron chi connectivity index (χ1n) is 11.1. The highest BCUT2D eigenvalue weighted by Crippen LogP contribution is 2.16. The van der Waals surface area contributed by atoms with Crippen molar-refractivity contribution in [2.75, 3.05) is 18.4 Å². The molecule has 1 amide bonds. The van der Waals surface area contributed by atoms with E-state index < -0.39 is 34.5 Å². The number of benzene rings is 2. The highest BCUT2D eigenvalue weighted by atomic mass is 32.2. The van der Waals surface area contributed by atoms with Gasteiger partial charge in [0.1, 0.15) is 6.04 Å². The van der Waals surface area contributed by atoms with Crippen LogP contribution in [0.3, 0.4) is 0 Å². The van der Waals surface area contributed by atoms with E-state index in [0.717, 1.165) is 17.3 Å². The Morgan fingerprint density at radius 2 is 1.94 bits per heavy atom. The number of imidazole rings is 1. The zero-order valence-electron chi connectivity index (χ0n) is 19.1. The Bertz CT molecular complexity index is 1440. The van der Waals surface area contributed by atoms with Gasteiger partial charge < -0.3 is 20.7 Å². The molecule has 0 aliphatic heterocycles. The number of hydrogen-bond donors (Lipinski definition) is 5. The van der Waals surface area contributed by atoms with Crippen LogP contribution in [0.1, 0.15) is 16.8 Å². The number of aliphatic carboxylic acids is 1. The van der Waals surface area contributed by atoms with Gasteiger partial charge in [0, 0.05) is 43.0 Å². The first kappa shape index (κ1) is 24.9. The maximum absolute atomic E-state index is 12.7. The molecule has 13 heteroatoms. The number of nitrogens with one attached hydrogen (secondary N) is 4. The number of aromatic amines is 1. The van der Waals surface area contributed by atoms with Crippen LogP contribution in [0.4, 0.5) is 5.95 Å². The number of nitrogens with zero attached hydrogens (tertiary/aromatic N) is 3. The molecule has 0 fully saturated rings. The lowest BCUT2D eigenvalue weighted by Gasteiger charge is -2.15. The van der Waals surface area contributed by atoms with Crippen LogP contribution in [-0.4, -0.2) is 64.3 Å². The maximum Gasteiger partial charge on any atom is 0.323 e. The number of aromatic nitrogens is 4. The van der Waals surface area contributed by atoms with Crippen molar-refractivity contribution in [2.45, 2.75) is 23.9 Å². The molecule has 5 N–H and O–H groups in total. The minimum absolute atomic E-state index is 0.0678. The van der Waals surface area contributed by atoms with E-state index in [4.69, 9.17) is 0 Å². The minimum Gasteiger partial charge on any atom is -0.480 e. The maximum atomic E-state index is 12.7. The standard InChI is InChI=1S/C23H25N7O5S/c31-21(27-15-19(22(32)33)29-36(34,35)18-5-2-1-3-6-18)16-7-8-20-17(13-16)14-28-30(20)12-4-9-24-23-25-10-11-26-23/h1-3,5-8,10-11,13-14,19,29H,4,9,12,15H2,(H,27,31)(H,32,33)(H2,24,25,26)/t19-/m0/s1. The number of anilines is 1. The first-order chi connectivity index (χ1) is 17.3. The van der Waals surface area contributed by atoms with E-state index in [1.807, 2.05) is 4.68 Å². The summed E-state index contributed by atoms with van der Waals surface area (Å²) in [6.07, 6.45) is 5.86. The van der Waals surface area contributed by atoms with Crippen molar-refractivity contribution in [3.8, 4) is 0 Å². The number of aryl methyl sites for hydroxylation is 1. The van der Waals surface area contributed by atoms with E-state index in [1.165, 1.54) is 24.3 Å². The largest absolute Gasteiger partial charge is 0.480 e. The predicted octanol–water partition coefficient (Wildman–Crippen LogP) is 1.42. The zero-order chi connectivity index (χ0) is 25.5. The minimum atomic E-state index is -4.07. The lowest BCUT2D eigenvalue weighted by Crippen LogP contribution is -2.48. The van der Waals surface area contributed by atoms with E-state index >= 15 is 0 Å². The van der Waals surface area contributed by atoms with Crippen molar-refractivity contribution < 1.29 is 23.1 Å². The highest BCUT2D eigenvalue weighted by molar-refractivity contribution is 7.89. The normalized spacial score (nSPS) is 12.3. The second kappa shape index (κ2) is 11.0. The Morgan fingerprint density at radius 1 is 1.14 bits per heavy atom. The number of carboxylic acids is 1. The second-order valence-corrected chi connectivity index (χ2v) is 9.61. The summed E-state index contributed by atoms with van der Waals surface area (Å²) < 4.78 is 28.9. The van der Waals surface area contributed by atoms with Crippen molar-refractivity contribution in [2.24, 2.45) is 0 Å². The van der Waals surface area contributed by atoms with Crippen molar-refractivity contribution in [3.63, 3.8) is 0 Å². The molecule has 0 radical (unpaired) electrons. The molecule has 0 aliphatic carbocycles. The predicted molar refractivity (Wildman–Crippen MR) is 132 cm³/mol. The molecule has 1 atom stereocenters. The molecule has 12 nitrogen and oxygen atoms in total. The van der Waals surface area contributed by atoms with Gasteiger partial charge in [-0.25, -0.2) is 13.4 Å². The fourth-order valence-electron chi connectivity index (χ4n) is 3.54. The number of hydrogen-bond acceptors (Lipinski definition) is 7. The zero-order valence-corrected chi connectivity index (χ0v) is 19.9.